The summed E-state index contributed by atoms with van der Waals surface area (Å²) in [4.78, 5) is 41.3. The second kappa shape index (κ2) is 7.19. The first kappa shape index (κ1) is 18.2. The van der Waals surface area contributed by atoms with Gasteiger partial charge in [-0.15, -0.1) is 12.4 Å². The molecule has 2 aromatic rings. The summed E-state index contributed by atoms with van der Waals surface area (Å²) in [6.07, 6.45) is 0. The summed E-state index contributed by atoms with van der Waals surface area (Å²) in [6.45, 7) is 6.22. The first-order valence-corrected chi connectivity index (χ1v) is 7.81. The lowest BCUT2D eigenvalue weighted by molar-refractivity contribution is 0.0656. The molecule has 0 bridgehead atoms. The second-order valence-corrected chi connectivity index (χ2v) is 5.79. The maximum absolute atomic E-state index is 12.7. The molecule has 1 amide bonds. The Labute approximate surface area is 145 Å². The molecular formula is C16H21ClN4O3. The first-order chi connectivity index (χ1) is 11.0. The number of benzene rings is 1. The van der Waals surface area contributed by atoms with E-state index in [1.807, 2.05) is 11.8 Å². The molecule has 24 heavy (non-hydrogen) atoms. The summed E-state index contributed by atoms with van der Waals surface area (Å²) in [6, 6.07) is 4.97. The number of piperazine rings is 1. The highest BCUT2D eigenvalue weighted by Crippen LogP contribution is 2.14. The fourth-order valence-electron chi connectivity index (χ4n) is 2.98. The smallest absolute Gasteiger partial charge is 0.328 e. The highest BCUT2D eigenvalue weighted by Gasteiger charge is 2.24. The van der Waals surface area contributed by atoms with Crippen LogP contribution in [0.3, 0.4) is 0 Å². The zero-order chi connectivity index (χ0) is 16.6. The third-order valence-corrected chi connectivity index (χ3v) is 4.31. The number of fused-ring (bicyclic) bond motifs is 1. The van der Waals surface area contributed by atoms with E-state index < -0.39 is 5.69 Å². The van der Waals surface area contributed by atoms with Crippen molar-refractivity contribution in [3.05, 3.63) is 44.6 Å². The summed E-state index contributed by atoms with van der Waals surface area (Å²) < 4.78 is 1.14. The number of aromatic amines is 1. The number of nitrogens with zero attached hydrogens (tertiary/aromatic N) is 2. The zero-order valence-electron chi connectivity index (χ0n) is 13.7. The van der Waals surface area contributed by atoms with Crippen LogP contribution in [0.15, 0.2) is 27.8 Å². The number of carbonyl (C=O) groups excluding carboxylic acids is 1. The van der Waals surface area contributed by atoms with Gasteiger partial charge < -0.3 is 15.2 Å². The minimum absolute atomic E-state index is 0. The Morgan fingerprint density at radius 3 is 2.75 bits per heavy atom. The summed E-state index contributed by atoms with van der Waals surface area (Å²) in [7, 11) is 0. The van der Waals surface area contributed by atoms with Crippen molar-refractivity contribution in [2.24, 2.45) is 0 Å². The van der Waals surface area contributed by atoms with Gasteiger partial charge in [-0.25, -0.2) is 4.79 Å². The number of amides is 1. The van der Waals surface area contributed by atoms with Gasteiger partial charge in [-0.2, -0.15) is 0 Å². The number of halogens is 1. The third-order valence-electron chi connectivity index (χ3n) is 4.31. The number of H-pyrrole nitrogens is 1. The van der Waals surface area contributed by atoms with Crippen LogP contribution >= 0.6 is 12.4 Å². The van der Waals surface area contributed by atoms with Gasteiger partial charge in [0, 0.05) is 37.8 Å². The molecule has 1 aromatic heterocycles. The van der Waals surface area contributed by atoms with E-state index in [1.54, 1.807) is 25.1 Å². The molecule has 3 rings (SSSR count). The zero-order valence-corrected chi connectivity index (χ0v) is 14.5. The number of hydrogen-bond donors (Lipinski definition) is 2. The standard InChI is InChI=1S/C16H20N4O3.ClH/c1-3-19-15(22)12-5-4-11(8-13(12)18-16(19)23)14(21)20-7-6-17-9-10(20)2;/h4-5,8,10,17H,3,6-7,9H2,1-2H3,(H,18,23);1H. The highest BCUT2D eigenvalue weighted by atomic mass is 35.5. The van der Waals surface area contributed by atoms with Crippen LogP contribution in [0.4, 0.5) is 0 Å². The number of aromatic nitrogens is 2. The minimum Gasteiger partial charge on any atom is -0.333 e. The fourth-order valence-corrected chi connectivity index (χ4v) is 2.98. The van der Waals surface area contributed by atoms with Crippen LogP contribution in [0.1, 0.15) is 24.2 Å². The number of carbonyl (C=O) groups is 1. The van der Waals surface area contributed by atoms with E-state index in [0.29, 0.717) is 29.6 Å². The molecule has 0 aliphatic carbocycles. The molecule has 0 radical (unpaired) electrons. The van der Waals surface area contributed by atoms with Gasteiger partial charge in [0.2, 0.25) is 0 Å². The van der Waals surface area contributed by atoms with E-state index >= 15 is 0 Å². The number of rotatable bonds is 2. The Hall–Kier alpha value is -2.12. The topological polar surface area (TPSA) is 87.2 Å². The SMILES string of the molecule is CCn1c(=O)[nH]c2cc(C(=O)N3CCNCC3C)ccc2c1=O.Cl. The maximum atomic E-state index is 12.7. The molecule has 0 spiro atoms. The molecule has 1 aromatic carbocycles. The van der Waals surface area contributed by atoms with Crippen LogP contribution in [0, 0.1) is 0 Å². The Kier molecular flexibility index (Phi) is 5.46. The van der Waals surface area contributed by atoms with Crippen LogP contribution in [-0.4, -0.2) is 46.0 Å². The van der Waals surface area contributed by atoms with Gasteiger partial charge in [-0.3, -0.25) is 14.2 Å². The van der Waals surface area contributed by atoms with Gasteiger partial charge in [-0.1, -0.05) is 0 Å². The fraction of sp³-hybridized carbons (Fsp3) is 0.438. The Morgan fingerprint density at radius 2 is 2.08 bits per heavy atom. The normalized spacial score (nSPS) is 17.6. The van der Waals surface area contributed by atoms with Crippen LogP contribution in [0.25, 0.3) is 10.9 Å². The Bertz CT molecular complexity index is 874. The Balaban J connectivity index is 0.00000208. The molecule has 1 fully saturated rings. The highest BCUT2D eigenvalue weighted by molar-refractivity contribution is 5.97. The molecule has 1 unspecified atom stereocenters. The minimum atomic E-state index is -0.454. The summed E-state index contributed by atoms with van der Waals surface area (Å²) in [5.41, 5.74) is 0.0971. The average molecular weight is 353 g/mol. The molecule has 0 saturated carbocycles. The van der Waals surface area contributed by atoms with Crippen molar-refractivity contribution in [2.45, 2.75) is 26.4 Å². The average Bonchev–Trinajstić information content (AvgIpc) is 2.54. The van der Waals surface area contributed by atoms with Gasteiger partial charge in [0.15, 0.2) is 0 Å². The van der Waals surface area contributed by atoms with Gasteiger partial charge in [0.1, 0.15) is 0 Å². The Morgan fingerprint density at radius 1 is 1.33 bits per heavy atom. The van der Waals surface area contributed by atoms with Crippen molar-refractivity contribution in [3.8, 4) is 0 Å². The number of hydrogen-bond acceptors (Lipinski definition) is 4. The van der Waals surface area contributed by atoms with E-state index in [0.717, 1.165) is 17.7 Å². The van der Waals surface area contributed by atoms with E-state index in [-0.39, 0.29) is 29.9 Å². The molecule has 1 aliphatic heterocycles. The first-order valence-electron chi connectivity index (χ1n) is 7.81. The molecule has 130 valence electrons. The van der Waals surface area contributed by atoms with E-state index in [4.69, 9.17) is 0 Å². The summed E-state index contributed by atoms with van der Waals surface area (Å²) >= 11 is 0. The van der Waals surface area contributed by atoms with Gasteiger partial charge in [0.25, 0.3) is 11.5 Å². The summed E-state index contributed by atoms with van der Waals surface area (Å²) in [5.74, 6) is -0.0820. The van der Waals surface area contributed by atoms with E-state index in [2.05, 4.69) is 10.3 Å². The summed E-state index contributed by atoms with van der Waals surface area (Å²) in [5, 5.41) is 3.66. The quantitative estimate of drug-likeness (QED) is 0.827. The molecule has 7 nitrogen and oxygen atoms in total. The number of nitrogens with one attached hydrogen (secondary N) is 2. The monoisotopic (exact) mass is 352 g/mol. The van der Waals surface area contributed by atoms with Gasteiger partial charge >= 0.3 is 5.69 Å². The van der Waals surface area contributed by atoms with Crippen molar-refractivity contribution in [1.29, 1.82) is 0 Å². The predicted molar refractivity (Wildman–Crippen MR) is 95.1 cm³/mol. The molecule has 1 atom stereocenters. The van der Waals surface area contributed by atoms with Crippen molar-refractivity contribution >= 4 is 29.2 Å². The van der Waals surface area contributed by atoms with Gasteiger partial charge in [0.05, 0.1) is 10.9 Å². The molecule has 2 heterocycles. The van der Waals surface area contributed by atoms with Crippen molar-refractivity contribution in [1.82, 2.24) is 19.8 Å². The second-order valence-electron chi connectivity index (χ2n) is 5.79. The van der Waals surface area contributed by atoms with Crippen LogP contribution < -0.4 is 16.6 Å². The molecule has 1 aliphatic rings. The lowest BCUT2D eigenvalue weighted by Crippen LogP contribution is -2.52. The largest absolute Gasteiger partial charge is 0.333 e. The predicted octanol–water partition coefficient (Wildman–Crippen LogP) is 0.565. The lowest BCUT2D eigenvalue weighted by atomic mass is 10.1. The van der Waals surface area contributed by atoms with E-state index in [1.165, 1.54) is 0 Å². The van der Waals surface area contributed by atoms with Crippen LogP contribution in [0.2, 0.25) is 0 Å². The van der Waals surface area contributed by atoms with Crippen LogP contribution in [0.5, 0.6) is 0 Å². The molecular weight excluding hydrogens is 332 g/mol. The van der Waals surface area contributed by atoms with Crippen molar-refractivity contribution in [3.63, 3.8) is 0 Å². The molecule has 2 N–H and O–H groups in total. The third kappa shape index (κ3) is 3.09. The lowest BCUT2D eigenvalue weighted by Gasteiger charge is -2.34. The van der Waals surface area contributed by atoms with Crippen molar-refractivity contribution in [2.75, 3.05) is 19.6 Å². The van der Waals surface area contributed by atoms with Gasteiger partial charge in [-0.05, 0) is 32.0 Å². The molecule has 1 saturated heterocycles. The van der Waals surface area contributed by atoms with Crippen LogP contribution in [-0.2, 0) is 6.54 Å². The maximum Gasteiger partial charge on any atom is 0.328 e. The molecule has 8 heteroatoms. The van der Waals surface area contributed by atoms with E-state index in [9.17, 15) is 14.4 Å². The van der Waals surface area contributed by atoms with Crippen molar-refractivity contribution < 1.29 is 4.79 Å².